The fourth-order valence-electron chi connectivity index (χ4n) is 0.407. The molecular weight excluding hydrogens is 140 g/mol. The van der Waals surface area contributed by atoms with Crippen molar-refractivity contribution in [1.82, 2.24) is 5.32 Å². The lowest BCUT2D eigenvalue weighted by atomic mass is 10.2. The Bertz CT molecular complexity index is 87.0. The van der Waals surface area contributed by atoms with Gasteiger partial charge in [-0.05, 0) is 7.05 Å². The third-order valence-electron chi connectivity index (χ3n) is 0.996. The first-order valence-corrected chi connectivity index (χ1v) is 2.62. The molecule has 4 heteroatoms. The van der Waals surface area contributed by atoms with Gasteiger partial charge in [0, 0.05) is 12.5 Å². The molecule has 0 aromatic carbocycles. The monoisotopic (exact) mass is 152 g/mol. The minimum Gasteiger partial charge on any atom is -0.369 e. The lowest BCUT2D eigenvalue weighted by molar-refractivity contribution is -0.121. The molecule has 0 bridgehead atoms. The second-order valence-corrected chi connectivity index (χ2v) is 1.86. The maximum atomic E-state index is 10.3. The van der Waals surface area contributed by atoms with Crippen LogP contribution >= 0.6 is 12.4 Å². The first-order valence-electron chi connectivity index (χ1n) is 2.62. The molecule has 0 rings (SSSR count). The summed E-state index contributed by atoms with van der Waals surface area (Å²) in [5.74, 6) is -0.306. The molecule has 3 nitrogen and oxygen atoms in total. The summed E-state index contributed by atoms with van der Waals surface area (Å²) >= 11 is 0. The highest BCUT2D eigenvalue weighted by molar-refractivity contribution is 5.85. The van der Waals surface area contributed by atoms with Gasteiger partial charge < -0.3 is 11.1 Å². The molecule has 0 fully saturated rings. The highest BCUT2D eigenvalue weighted by Crippen LogP contribution is 1.86. The van der Waals surface area contributed by atoms with Crippen molar-refractivity contribution < 1.29 is 4.79 Å². The number of carbonyl (C=O) groups excluding carboxylic acids is 1. The summed E-state index contributed by atoms with van der Waals surface area (Å²) in [5.41, 5.74) is 4.94. The lowest BCUT2D eigenvalue weighted by Crippen LogP contribution is -2.28. The predicted molar refractivity (Wildman–Crippen MR) is 39.5 cm³/mol. The number of rotatable bonds is 3. The molecule has 0 spiro atoms. The van der Waals surface area contributed by atoms with Crippen LogP contribution in [0.2, 0.25) is 0 Å². The zero-order valence-corrected chi connectivity index (χ0v) is 6.49. The number of nitrogens with one attached hydrogen (secondary N) is 1. The van der Waals surface area contributed by atoms with Crippen molar-refractivity contribution in [2.75, 3.05) is 13.6 Å². The highest BCUT2D eigenvalue weighted by Gasteiger charge is 2.04. The number of amides is 1. The van der Waals surface area contributed by atoms with Crippen LogP contribution in [0.1, 0.15) is 6.92 Å². The Morgan fingerprint density at radius 2 is 2.22 bits per heavy atom. The van der Waals surface area contributed by atoms with Crippen LogP contribution in [0.3, 0.4) is 0 Å². The average Bonchev–Trinajstić information content (AvgIpc) is 1.67. The van der Waals surface area contributed by atoms with Gasteiger partial charge in [0.2, 0.25) is 5.91 Å². The Morgan fingerprint density at radius 3 is 2.33 bits per heavy atom. The summed E-state index contributed by atoms with van der Waals surface area (Å²) in [6.07, 6.45) is 0. The van der Waals surface area contributed by atoms with Gasteiger partial charge in [0.05, 0.1) is 0 Å². The number of halogens is 1. The summed E-state index contributed by atoms with van der Waals surface area (Å²) in [5, 5.41) is 2.85. The average molecular weight is 153 g/mol. The van der Waals surface area contributed by atoms with Crippen molar-refractivity contribution in [3.8, 4) is 0 Å². The number of carbonyl (C=O) groups is 1. The van der Waals surface area contributed by atoms with E-state index in [4.69, 9.17) is 5.73 Å². The van der Waals surface area contributed by atoms with Gasteiger partial charge in [-0.15, -0.1) is 12.4 Å². The van der Waals surface area contributed by atoms with E-state index in [0.29, 0.717) is 6.54 Å². The van der Waals surface area contributed by atoms with E-state index in [9.17, 15) is 4.79 Å². The van der Waals surface area contributed by atoms with Crippen molar-refractivity contribution in [3.05, 3.63) is 0 Å². The Hall–Kier alpha value is -0.280. The van der Waals surface area contributed by atoms with Crippen LogP contribution in [0.15, 0.2) is 0 Å². The standard InChI is InChI=1S/C5H12N2O.ClH/c1-4(3-7-2)5(6)8;/h4,7H,3H2,1-2H3,(H2,6,8);1H. The van der Waals surface area contributed by atoms with Crippen molar-refractivity contribution in [3.63, 3.8) is 0 Å². The molecule has 0 aliphatic rings. The zero-order chi connectivity index (χ0) is 6.57. The first kappa shape index (κ1) is 11.5. The van der Waals surface area contributed by atoms with Crippen LogP contribution in [0, 0.1) is 5.92 Å². The molecule has 0 radical (unpaired) electrons. The van der Waals surface area contributed by atoms with Crippen molar-refractivity contribution >= 4 is 18.3 Å². The molecule has 0 aliphatic carbocycles. The summed E-state index contributed by atoms with van der Waals surface area (Å²) in [6.45, 7) is 2.45. The van der Waals surface area contributed by atoms with E-state index in [1.54, 1.807) is 14.0 Å². The maximum Gasteiger partial charge on any atom is 0.221 e. The van der Waals surface area contributed by atoms with Gasteiger partial charge in [-0.2, -0.15) is 0 Å². The molecule has 1 atom stereocenters. The molecule has 1 amide bonds. The normalized spacial score (nSPS) is 11.8. The van der Waals surface area contributed by atoms with E-state index in [2.05, 4.69) is 5.32 Å². The minimum absolute atomic E-state index is 0. The third-order valence-corrected chi connectivity index (χ3v) is 0.996. The van der Waals surface area contributed by atoms with Crippen molar-refractivity contribution in [1.29, 1.82) is 0 Å². The number of nitrogens with two attached hydrogens (primary N) is 1. The van der Waals surface area contributed by atoms with E-state index in [-0.39, 0.29) is 24.2 Å². The first-order chi connectivity index (χ1) is 3.68. The van der Waals surface area contributed by atoms with E-state index < -0.39 is 0 Å². The molecule has 0 aromatic rings. The predicted octanol–water partition coefficient (Wildman–Crippen LogP) is -0.251. The third kappa shape index (κ3) is 5.59. The Morgan fingerprint density at radius 1 is 1.78 bits per heavy atom. The highest BCUT2D eigenvalue weighted by atomic mass is 35.5. The molecular formula is C5H13ClN2O. The van der Waals surface area contributed by atoms with Crippen LogP contribution in [-0.4, -0.2) is 19.5 Å². The lowest BCUT2D eigenvalue weighted by Gasteiger charge is -2.02. The smallest absolute Gasteiger partial charge is 0.221 e. The Kier molecular flexibility index (Phi) is 7.48. The van der Waals surface area contributed by atoms with Crippen LogP contribution < -0.4 is 11.1 Å². The molecule has 0 saturated carbocycles. The Labute approximate surface area is 61.4 Å². The number of primary amides is 1. The SMILES string of the molecule is CNCC(C)C(N)=O.Cl. The van der Waals surface area contributed by atoms with Gasteiger partial charge in [-0.25, -0.2) is 0 Å². The molecule has 0 heterocycles. The molecule has 0 aromatic heterocycles. The number of hydrogen-bond donors (Lipinski definition) is 2. The largest absolute Gasteiger partial charge is 0.369 e. The van der Waals surface area contributed by atoms with E-state index in [1.807, 2.05) is 0 Å². The van der Waals surface area contributed by atoms with Crippen molar-refractivity contribution in [2.24, 2.45) is 11.7 Å². The minimum atomic E-state index is -0.251. The van der Waals surface area contributed by atoms with Gasteiger partial charge >= 0.3 is 0 Å². The molecule has 56 valence electrons. The molecule has 0 aliphatic heterocycles. The molecule has 1 unspecified atom stereocenters. The van der Waals surface area contributed by atoms with Gasteiger partial charge in [-0.3, -0.25) is 4.79 Å². The quantitative estimate of drug-likeness (QED) is 0.586. The van der Waals surface area contributed by atoms with Crippen LogP contribution in [-0.2, 0) is 4.79 Å². The second kappa shape index (κ2) is 5.85. The fraction of sp³-hybridized carbons (Fsp3) is 0.800. The van der Waals surface area contributed by atoms with E-state index in [1.165, 1.54) is 0 Å². The van der Waals surface area contributed by atoms with E-state index in [0.717, 1.165) is 0 Å². The van der Waals surface area contributed by atoms with Crippen LogP contribution in [0.5, 0.6) is 0 Å². The van der Waals surface area contributed by atoms with Gasteiger partial charge in [-0.1, -0.05) is 6.92 Å². The Balaban J connectivity index is 0. The second-order valence-electron chi connectivity index (χ2n) is 1.86. The molecule has 9 heavy (non-hydrogen) atoms. The fourth-order valence-corrected chi connectivity index (χ4v) is 0.407. The van der Waals surface area contributed by atoms with Crippen molar-refractivity contribution in [2.45, 2.75) is 6.92 Å². The summed E-state index contributed by atoms with van der Waals surface area (Å²) in [6, 6.07) is 0. The topological polar surface area (TPSA) is 55.1 Å². The zero-order valence-electron chi connectivity index (χ0n) is 5.68. The van der Waals surface area contributed by atoms with Gasteiger partial charge in [0.15, 0.2) is 0 Å². The summed E-state index contributed by atoms with van der Waals surface area (Å²) < 4.78 is 0. The van der Waals surface area contributed by atoms with Gasteiger partial charge in [0.25, 0.3) is 0 Å². The summed E-state index contributed by atoms with van der Waals surface area (Å²) in [4.78, 5) is 10.3. The van der Waals surface area contributed by atoms with Gasteiger partial charge in [0.1, 0.15) is 0 Å². The van der Waals surface area contributed by atoms with E-state index >= 15 is 0 Å². The molecule has 3 N–H and O–H groups in total. The molecule has 0 saturated heterocycles. The van der Waals surface area contributed by atoms with Crippen LogP contribution in [0.4, 0.5) is 0 Å². The maximum absolute atomic E-state index is 10.3. The van der Waals surface area contributed by atoms with Crippen LogP contribution in [0.25, 0.3) is 0 Å². The summed E-state index contributed by atoms with van der Waals surface area (Å²) in [7, 11) is 1.79. The number of hydrogen-bond acceptors (Lipinski definition) is 2.